The van der Waals surface area contributed by atoms with Crippen molar-refractivity contribution < 1.29 is 5.11 Å². The number of phenolic OH excluding ortho intramolecular Hbond substituents is 1. The van der Waals surface area contributed by atoms with Crippen LogP contribution in [0.1, 0.15) is 31.5 Å². The van der Waals surface area contributed by atoms with Crippen LogP contribution in [-0.4, -0.2) is 23.1 Å². The molecule has 0 amide bonds. The molecule has 0 radical (unpaired) electrons. The van der Waals surface area contributed by atoms with E-state index in [-0.39, 0.29) is 11.9 Å². The molecule has 1 aliphatic heterocycles. The summed E-state index contributed by atoms with van der Waals surface area (Å²) < 4.78 is 0. The maximum atomic E-state index is 9.29. The molecule has 0 saturated carbocycles. The molecule has 94 valence electrons. The zero-order chi connectivity index (χ0) is 12.3. The van der Waals surface area contributed by atoms with E-state index in [1.165, 1.54) is 12.8 Å². The van der Waals surface area contributed by atoms with Gasteiger partial charge in [0.1, 0.15) is 5.75 Å². The Morgan fingerprint density at radius 2 is 1.88 bits per heavy atom. The van der Waals surface area contributed by atoms with Gasteiger partial charge in [-0.3, -0.25) is 10.7 Å². The van der Waals surface area contributed by atoms with Gasteiger partial charge in [0.2, 0.25) is 0 Å². The predicted octanol–water partition coefficient (Wildman–Crippen LogP) is 1.59. The highest BCUT2D eigenvalue weighted by atomic mass is 16.3. The number of rotatable bonds is 3. The average molecular weight is 235 g/mol. The highest BCUT2D eigenvalue weighted by Crippen LogP contribution is 2.25. The number of nitrogens with one attached hydrogen (secondary N) is 1. The lowest BCUT2D eigenvalue weighted by molar-refractivity contribution is 0.116. The molecule has 1 aromatic rings. The lowest BCUT2D eigenvalue weighted by atomic mass is 9.98. The summed E-state index contributed by atoms with van der Waals surface area (Å²) in [6, 6.07) is 7.23. The molecule has 1 saturated heterocycles. The Morgan fingerprint density at radius 3 is 2.41 bits per heavy atom. The third kappa shape index (κ3) is 2.97. The Balaban J connectivity index is 2.08. The van der Waals surface area contributed by atoms with Crippen molar-refractivity contribution >= 4 is 0 Å². The zero-order valence-electron chi connectivity index (χ0n) is 10.3. The molecule has 4 nitrogen and oxygen atoms in total. The smallest absolute Gasteiger partial charge is 0.115 e. The van der Waals surface area contributed by atoms with E-state index < -0.39 is 0 Å². The first kappa shape index (κ1) is 12.4. The van der Waals surface area contributed by atoms with Gasteiger partial charge in [-0.05, 0) is 36.5 Å². The van der Waals surface area contributed by atoms with Gasteiger partial charge in [0.25, 0.3) is 0 Å². The maximum absolute atomic E-state index is 9.29. The van der Waals surface area contributed by atoms with E-state index >= 15 is 0 Å². The second-order valence-corrected chi connectivity index (χ2v) is 4.88. The van der Waals surface area contributed by atoms with E-state index in [0.717, 1.165) is 24.6 Å². The van der Waals surface area contributed by atoms with Crippen molar-refractivity contribution in [2.75, 3.05) is 13.1 Å². The highest BCUT2D eigenvalue weighted by molar-refractivity contribution is 5.27. The second-order valence-electron chi connectivity index (χ2n) is 4.88. The van der Waals surface area contributed by atoms with Crippen molar-refractivity contribution in [2.24, 2.45) is 11.8 Å². The number of nitrogens with zero attached hydrogens (tertiary/aromatic N) is 1. The number of benzene rings is 1. The summed E-state index contributed by atoms with van der Waals surface area (Å²) >= 11 is 0. The fourth-order valence-corrected chi connectivity index (χ4v) is 2.36. The average Bonchev–Trinajstić information content (AvgIpc) is 2.35. The molecule has 1 atom stereocenters. The van der Waals surface area contributed by atoms with E-state index in [1.807, 2.05) is 12.1 Å². The van der Waals surface area contributed by atoms with Crippen LogP contribution < -0.4 is 11.3 Å². The first-order valence-corrected chi connectivity index (χ1v) is 6.20. The minimum absolute atomic E-state index is 0.0445. The van der Waals surface area contributed by atoms with Crippen LogP contribution in [0.4, 0.5) is 0 Å². The summed E-state index contributed by atoms with van der Waals surface area (Å²) in [5, 5.41) is 9.29. The minimum Gasteiger partial charge on any atom is -0.508 e. The number of nitrogens with two attached hydrogens (primary N) is 1. The summed E-state index contributed by atoms with van der Waals surface area (Å²) in [7, 11) is 0. The third-order valence-electron chi connectivity index (χ3n) is 3.55. The van der Waals surface area contributed by atoms with Crippen molar-refractivity contribution in [3.8, 4) is 5.75 Å². The van der Waals surface area contributed by atoms with E-state index in [4.69, 9.17) is 5.84 Å². The van der Waals surface area contributed by atoms with Gasteiger partial charge in [0.05, 0.1) is 6.17 Å². The van der Waals surface area contributed by atoms with Crippen molar-refractivity contribution in [2.45, 2.75) is 25.9 Å². The minimum atomic E-state index is 0.0445. The van der Waals surface area contributed by atoms with Gasteiger partial charge in [0, 0.05) is 13.1 Å². The molecule has 0 aliphatic carbocycles. The summed E-state index contributed by atoms with van der Waals surface area (Å²) in [5.41, 5.74) is 3.96. The Labute approximate surface area is 102 Å². The van der Waals surface area contributed by atoms with Gasteiger partial charge in [-0.15, -0.1) is 0 Å². The number of likely N-dealkylation sites (tertiary alicyclic amines) is 1. The number of piperidine rings is 1. The van der Waals surface area contributed by atoms with E-state index in [2.05, 4.69) is 17.2 Å². The van der Waals surface area contributed by atoms with Crippen molar-refractivity contribution in [3.63, 3.8) is 0 Å². The quantitative estimate of drug-likeness (QED) is 0.550. The molecule has 0 bridgehead atoms. The van der Waals surface area contributed by atoms with Gasteiger partial charge >= 0.3 is 0 Å². The van der Waals surface area contributed by atoms with E-state index in [0.29, 0.717) is 0 Å². The summed E-state index contributed by atoms with van der Waals surface area (Å²) in [5.74, 6) is 6.75. The molecular formula is C13H21N3O. The molecule has 1 fully saturated rings. The third-order valence-corrected chi connectivity index (χ3v) is 3.55. The predicted molar refractivity (Wildman–Crippen MR) is 68.1 cm³/mol. The lowest BCUT2D eigenvalue weighted by Crippen LogP contribution is -2.45. The summed E-state index contributed by atoms with van der Waals surface area (Å²) in [6.45, 7) is 4.43. The van der Waals surface area contributed by atoms with Gasteiger partial charge < -0.3 is 5.11 Å². The molecule has 0 spiro atoms. The van der Waals surface area contributed by atoms with Crippen LogP contribution in [0.25, 0.3) is 0 Å². The van der Waals surface area contributed by atoms with Gasteiger partial charge in [-0.2, -0.15) is 0 Å². The fraction of sp³-hybridized carbons (Fsp3) is 0.538. The standard InChI is InChI=1S/C13H21N3O/c1-10-6-8-16(9-7-10)13(15-14)11-2-4-12(17)5-3-11/h2-5,10,13,15,17H,6-9,14H2,1H3. The summed E-state index contributed by atoms with van der Waals surface area (Å²) in [6.07, 6.45) is 2.48. The molecule has 4 N–H and O–H groups in total. The van der Waals surface area contributed by atoms with Gasteiger partial charge in [0.15, 0.2) is 0 Å². The van der Waals surface area contributed by atoms with Crippen LogP contribution in [0.3, 0.4) is 0 Å². The van der Waals surface area contributed by atoms with Crippen molar-refractivity contribution in [1.29, 1.82) is 0 Å². The Bertz CT molecular complexity index is 344. The molecule has 1 aliphatic rings. The molecule has 1 aromatic carbocycles. The van der Waals surface area contributed by atoms with Crippen LogP contribution in [-0.2, 0) is 0 Å². The first-order valence-electron chi connectivity index (χ1n) is 6.20. The van der Waals surface area contributed by atoms with Crippen molar-refractivity contribution in [1.82, 2.24) is 10.3 Å². The molecule has 17 heavy (non-hydrogen) atoms. The monoisotopic (exact) mass is 235 g/mol. The largest absolute Gasteiger partial charge is 0.508 e. The Hall–Kier alpha value is -1.10. The maximum Gasteiger partial charge on any atom is 0.115 e. The molecule has 4 heteroatoms. The second kappa shape index (κ2) is 5.49. The number of hydrazine groups is 1. The van der Waals surface area contributed by atoms with Crippen LogP contribution in [0, 0.1) is 5.92 Å². The number of phenols is 1. The number of hydrogen-bond donors (Lipinski definition) is 3. The molecule has 1 unspecified atom stereocenters. The fourth-order valence-electron chi connectivity index (χ4n) is 2.36. The van der Waals surface area contributed by atoms with Crippen LogP contribution in [0.15, 0.2) is 24.3 Å². The SMILES string of the molecule is CC1CCN(C(NN)c2ccc(O)cc2)CC1. The zero-order valence-corrected chi connectivity index (χ0v) is 10.3. The molecule has 0 aromatic heterocycles. The van der Waals surface area contributed by atoms with Gasteiger partial charge in [-0.25, -0.2) is 5.43 Å². The van der Waals surface area contributed by atoms with E-state index in [9.17, 15) is 5.11 Å². The Kier molecular flexibility index (Phi) is 3.99. The normalized spacial score (nSPS) is 20.4. The highest BCUT2D eigenvalue weighted by Gasteiger charge is 2.23. The number of aromatic hydroxyl groups is 1. The molecule has 1 heterocycles. The molecule has 2 rings (SSSR count). The van der Waals surface area contributed by atoms with E-state index in [1.54, 1.807) is 12.1 Å². The van der Waals surface area contributed by atoms with Gasteiger partial charge in [-0.1, -0.05) is 19.1 Å². The summed E-state index contributed by atoms with van der Waals surface area (Å²) in [4.78, 5) is 2.35. The van der Waals surface area contributed by atoms with Crippen LogP contribution >= 0.6 is 0 Å². The van der Waals surface area contributed by atoms with Crippen LogP contribution in [0.5, 0.6) is 5.75 Å². The lowest BCUT2D eigenvalue weighted by Gasteiger charge is -2.36. The van der Waals surface area contributed by atoms with Crippen molar-refractivity contribution in [3.05, 3.63) is 29.8 Å². The number of hydrogen-bond acceptors (Lipinski definition) is 4. The van der Waals surface area contributed by atoms with Crippen LogP contribution in [0.2, 0.25) is 0 Å². The first-order chi connectivity index (χ1) is 8.20. The topological polar surface area (TPSA) is 61.5 Å². The Morgan fingerprint density at radius 1 is 1.29 bits per heavy atom. The molecular weight excluding hydrogens is 214 g/mol.